The number of carbonyl (C=O) groups is 1. The minimum Gasteiger partial charge on any atom is -0.393 e. The van der Waals surface area contributed by atoms with Gasteiger partial charge in [-0.25, -0.2) is 0 Å². The van der Waals surface area contributed by atoms with Crippen LogP contribution in [0, 0.1) is 29.1 Å². The summed E-state index contributed by atoms with van der Waals surface area (Å²) in [6.07, 6.45) is 10.9. The largest absolute Gasteiger partial charge is 0.393 e. The van der Waals surface area contributed by atoms with E-state index in [1.54, 1.807) is 0 Å². The Morgan fingerprint density at radius 2 is 1.95 bits per heavy atom. The van der Waals surface area contributed by atoms with Crippen molar-refractivity contribution < 1.29 is 9.90 Å². The third-order valence-electron chi connectivity index (χ3n) is 7.25. The van der Waals surface area contributed by atoms with Crippen molar-refractivity contribution in [3.05, 3.63) is 11.6 Å². The van der Waals surface area contributed by atoms with Crippen molar-refractivity contribution in [1.82, 2.24) is 0 Å². The molecule has 4 rings (SSSR count). The van der Waals surface area contributed by atoms with Crippen LogP contribution in [-0.4, -0.2) is 17.0 Å². The van der Waals surface area contributed by atoms with E-state index in [0.717, 1.165) is 43.4 Å². The molecule has 0 bridgehead atoms. The zero-order chi connectivity index (χ0) is 13.9. The summed E-state index contributed by atoms with van der Waals surface area (Å²) >= 11 is 0. The second-order valence-corrected chi connectivity index (χ2v) is 7.94. The lowest BCUT2D eigenvalue weighted by atomic mass is 9.52. The number of aliphatic hydroxyl groups is 1. The maximum atomic E-state index is 11.6. The molecule has 0 spiro atoms. The van der Waals surface area contributed by atoms with Crippen molar-refractivity contribution in [2.45, 2.75) is 64.4 Å². The Morgan fingerprint density at radius 3 is 2.80 bits per heavy atom. The Balaban J connectivity index is 1.63. The molecular formula is C18H26O2. The Hall–Kier alpha value is -0.630. The van der Waals surface area contributed by atoms with Gasteiger partial charge in [-0.3, -0.25) is 4.79 Å². The predicted octanol–water partition coefficient (Wildman–Crippen LogP) is 3.49. The van der Waals surface area contributed by atoms with Crippen molar-refractivity contribution in [2.24, 2.45) is 29.1 Å². The summed E-state index contributed by atoms with van der Waals surface area (Å²) in [5, 5.41) is 10.4. The van der Waals surface area contributed by atoms with Gasteiger partial charge >= 0.3 is 0 Å². The molecule has 0 aliphatic heterocycles. The number of ketones is 1. The zero-order valence-electron chi connectivity index (χ0n) is 12.5. The van der Waals surface area contributed by atoms with Crippen LogP contribution in [0.4, 0.5) is 0 Å². The minimum atomic E-state index is -0.0710. The Labute approximate surface area is 121 Å². The standard InChI is InChI=1S/C18H26O2/c1-18-9-8-14-13-5-3-12(19)10-11(13)2-4-15(14)16(18)6-7-17(18)20/h10,13-17,20H,2-9H2,1H3/t13-,14-,15+,16+,17+,18-/m1/s1. The maximum absolute atomic E-state index is 11.6. The molecule has 0 aromatic heterocycles. The van der Waals surface area contributed by atoms with Gasteiger partial charge in [-0.1, -0.05) is 12.5 Å². The zero-order valence-corrected chi connectivity index (χ0v) is 12.5. The monoisotopic (exact) mass is 274 g/mol. The average molecular weight is 274 g/mol. The summed E-state index contributed by atoms with van der Waals surface area (Å²) in [4.78, 5) is 11.6. The molecule has 2 heteroatoms. The van der Waals surface area contributed by atoms with Gasteiger partial charge in [0.2, 0.25) is 0 Å². The van der Waals surface area contributed by atoms with Gasteiger partial charge in [0.25, 0.3) is 0 Å². The molecule has 0 amide bonds. The molecule has 3 fully saturated rings. The summed E-state index contributed by atoms with van der Waals surface area (Å²) in [5.41, 5.74) is 1.65. The highest BCUT2D eigenvalue weighted by Gasteiger charge is 2.55. The highest BCUT2D eigenvalue weighted by atomic mass is 16.3. The fourth-order valence-corrected chi connectivity index (χ4v) is 6.15. The molecule has 4 aliphatic rings. The van der Waals surface area contributed by atoms with Gasteiger partial charge in [-0.2, -0.15) is 0 Å². The van der Waals surface area contributed by atoms with Crippen molar-refractivity contribution in [2.75, 3.05) is 0 Å². The van der Waals surface area contributed by atoms with Crippen LogP contribution in [0.25, 0.3) is 0 Å². The van der Waals surface area contributed by atoms with Crippen LogP contribution in [0.1, 0.15) is 58.3 Å². The molecule has 1 N–H and O–H groups in total. The number of aliphatic hydroxyl groups excluding tert-OH is 1. The number of hydrogen-bond acceptors (Lipinski definition) is 2. The van der Waals surface area contributed by atoms with E-state index in [1.165, 1.54) is 31.3 Å². The first-order valence-electron chi connectivity index (χ1n) is 8.51. The van der Waals surface area contributed by atoms with Crippen molar-refractivity contribution in [3.63, 3.8) is 0 Å². The SMILES string of the molecule is C[C@@]12CC[C@H]3[C@H](CCC4=CC(=O)CC[C@H]43)[C@@H]1CC[C@@H]2O. The van der Waals surface area contributed by atoms with Crippen molar-refractivity contribution in [3.8, 4) is 0 Å². The number of fused-ring (bicyclic) bond motifs is 5. The first kappa shape index (κ1) is 13.1. The van der Waals surface area contributed by atoms with Crippen LogP contribution in [0.5, 0.6) is 0 Å². The Kier molecular flexibility index (Phi) is 2.89. The fourth-order valence-electron chi connectivity index (χ4n) is 6.15. The molecule has 3 saturated carbocycles. The van der Waals surface area contributed by atoms with Crippen molar-refractivity contribution >= 4 is 5.78 Å². The summed E-state index contributed by atoms with van der Waals surface area (Å²) in [5.74, 6) is 3.38. The normalized spacial score (nSPS) is 51.0. The average Bonchev–Trinajstić information content (AvgIpc) is 2.74. The van der Waals surface area contributed by atoms with Crippen LogP contribution in [0.2, 0.25) is 0 Å². The first-order chi connectivity index (χ1) is 9.59. The number of rotatable bonds is 0. The second kappa shape index (κ2) is 4.43. The molecule has 4 aliphatic carbocycles. The van der Waals surface area contributed by atoms with Crippen molar-refractivity contribution in [1.29, 1.82) is 0 Å². The lowest BCUT2D eigenvalue weighted by Crippen LogP contribution is -2.47. The minimum absolute atomic E-state index is 0.0710. The number of allylic oxidation sites excluding steroid dienone is 1. The summed E-state index contributed by atoms with van der Waals surface area (Å²) in [6, 6.07) is 0. The van der Waals surface area contributed by atoms with Gasteiger partial charge in [-0.05, 0) is 80.1 Å². The van der Waals surface area contributed by atoms with Crippen LogP contribution in [0.3, 0.4) is 0 Å². The number of carbonyl (C=O) groups excluding carboxylic acids is 1. The van der Waals surface area contributed by atoms with E-state index in [0.29, 0.717) is 11.7 Å². The van der Waals surface area contributed by atoms with Crippen LogP contribution in [-0.2, 0) is 4.79 Å². The lowest BCUT2D eigenvalue weighted by Gasteiger charge is -2.53. The van der Waals surface area contributed by atoms with Gasteiger partial charge < -0.3 is 5.11 Å². The highest BCUT2D eigenvalue weighted by Crippen LogP contribution is 2.61. The fraction of sp³-hybridized carbons (Fsp3) is 0.833. The van der Waals surface area contributed by atoms with Gasteiger partial charge in [0, 0.05) is 6.42 Å². The third kappa shape index (κ3) is 1.70. The first-order valence-corrected chi connectivity index (χ1v) is 8.51. The molecule has 0 heterocycles. The van der Waals surface area contributed by atoms with E-state index in [-0.39, 0.29) is 11.5 Å². The predicted molar refractivity (Wildman–Crippen MR) is 78.1 cm³/mol. The molecule has 0 aromatic rings. The Bertz CT molecular complexity index is 466. The quantitative estimate of drug-likeness (QED) is 0.734. The molecule has 0 saturated heterocycles. The molecule has 0 radical (unpaired) electrons. The van der Waals surface area contributed by atoms with Crippen LogP contribution in [0.15, 0.2) is 11.6 Å². The molecule has 2 nitrogen and oxygen atoms in total. The molecule has 20 heavy (non-hydrogen) atoms. The molecule has 6 atom stereocenters. The van der Waals surface area contributed by atoms with E-state index < -0.39 is 0 Å². The lowest BCUT2D eigenvalue weighted by molar-refractivity contribution is -0.116. The van der Waals surface area contributed by atoms with Gasteiger partial charge in [0.05, 0.1) is 6.10 Å². The summed E-state index contributed by atoms with van der Waals surface area (Å²) < 4.78 is 0. The molecule has 0 aromatic carbocycles. The maximum Gasteiger partial charge on any atom is 0.155 e. The van der Waals surface area contributed by atoms with Gasteiger partial charge in [-0.15, -0.1) is 0 Å². The second-order valence-electron chi connectivity index (χ2n) is 7.94. The molecule has 110 valence electrons. The van der Waals surface area contributed by atoms with E-state index in [1.807, 2.05) is 6.08 Å². The van der Waals surface area contributed by atoms with E-state index >= 15 is 0 Å². The molecule has 0 unspecified atom stereocenters. The van der Waals surface area contributed by atoms with E-state index in [9.17, 15) is 9.90 Å². The van der Waals surface area contributed by atoms with E-state index in [4.69, 9.17) is 0 Å². The van der Waals surface area contributed by atoms with Crippen LogP contribution < -0.4 is 0 Å². The summed E-state index contributed by atoms with van der Waals surface area (Å²) in [6.45, 7) is 2.33. The topological polar surface area (TPSA) is 37.3 Å². The smallest absolute Gasteiger partial charge is 0.155 e. The Morgan fingerprint density at radius 1 is 1.10 bits per heavy atom. The number of hydrogen-bond donors (Lipinski definition) is 1. The highest BCUT2D eigenvalue weighted by molar-refractivity contribution is 5.91. The van der Waals surface area contributed by atoms with Gasteiger partial charge in [0.1, 0.15) is 0 Å². The van der Waals surface area contributed by atoms with E-state index in [2.05, 4.69) is 6.92 Å². The van der Waals surface area contributed by atoms with Gasteiger partial charge in [0.15, 0.2) is 5.78 Å². The molecular weight excluding hydrogens is 248 g/mol. The third-order valence-corrected chi connectivity index (χ3v) is 7.25. The van der Waals surface area contributed by atoms with Crippen LogP contribution >= 0.6 is 0 Å². The summed E-state index contributed by atoms with van der Waals surface area (Å²) in [7, 11) is 0.